The monoisotopic (exact) mass is 192 g/mol. The van der Waals surface area contributed by atoms with Crippen molar-refractivity contribution in [3.8, 4) is 0 Å². The molecule has 2 unspecified atom stereocenters. The van der Waals surface area contributed by atoms with Crippen molar-refractivity contribution in [3.63, 3.8) is 0 Å². The second-order valence-corrected chi connectivity index (χ2v) is 2.98. The number of alkyl halides is 3. The van der Waals surface area contributed by atoms with E-state index in [1.54, 1.807) is 0 Å². The minimum absolute atomic E-state index is 0.0347. The van der Waals surface area contributed by atoms with Gasteiger partial charge in [0.05, 0.1) is 12.3 Å². The largest absolute Gasteiger partial charge is 0.424 e. The standard InChI is InChI=1S/C7H7F3N2O/c1-4-6(13-4,7(8,9)10)5-2-11-12-3-5/h2-4H,1H3,(H,11,12). The number of aromatic nitrogens is 2. The average Bonchev–Trinajstić information content (AvgIpc) is 2.47. The first-order chi connectivity index (χ1) is 5.98. The van der Waals surface area contributed by atoms with E-state index >= 15 is 0 Å². The van der Waals surface area contributed by atoms with E-state index in [0.29, 0.717) is 0 Å². The van der Waals surface area contributed by atoms with Crippen molar-refractivity contribution in [3.05, 3.63) is 18.0 Å². The van der Waals surface area contributed by atoms with Crippen LogP contribution in [0.4, 0.5) is 13.2 Å². The third-order valence-electron chi connectivity index (χ3n) is 2.23. The highest BCUT2D eigenvalue weighted by Crippen LogP contribution is 2.56. The number of hydrogen-bond donors (Lipinski definition) is 1. The molecule has 1 aromatic heterocycles. The molecule has 2 atom stereocenters. The summed E-state index contributed by atoms with van der Waals surface area (Å²) in [5, 5.41) is 5.81. The predicted octanol–water partition coefficient (Wildman–Crippen LogP) is 1.59. The fraction of sp³-hybridized carbons (Fsp3) is 0.571. The number of halogens is 3. The number of nitrogens with one attached hydrogen (secondary N) is 1. The van der Waals surface area contributed by atoms with Crippen molar-refractivity contribution in [2.45, 2.75) is 24.8 Å². The Balaban J connectivity index is 2.40. The summed E-state index contributed by atoms with van der Waals surface area (Å²) < 4.78 is 42.3. The van der Waals surface area contributed by atoms with Gasteiger partial charge in [-0.25, -0.2) is 0 Å². The summed E-state index contributed by atoms with van der Waals surface area (Å²) in [6.45, 7) is 1.39. The Morgan fingerprint density at radius 1 is 1.62 bits per heavy atom. The molecule has 0 bridgehead atoms. The van der Waals surface area contributed by atoms with E-state index in [1.165, 1.54) is 13.1 Å². The van der Waals surface area contributed by atoms with Crippen LogP contribution in [0.15, 0.2) is 12.4 Å². The minimum Gasteiger partial charge on any atom is -0.352 e. The maximum absolute atomic E-state index is 12.5. The molecule has 1 N–H and O–H groups in total. The van der Waals surface area contributed by atoms with Crippen LogP contribution in [-0.2, 0) is 10.3 Å². The third-order valence-corrected chi connectivity index (χ3v) is 2.23. The Labute approximate surface area is 71.9 Å². The topological polar surface area (TPSA) is 41.2 Å². The number of aromatic amines is 1. The van der Waals surface area contributed by atoms with E-state index in [1.807, 2.05) is 0 Å². The molecule has 6 heteroatoms. The van der Waals surface area contributed by atoms with E-state index in [4.69, 9.17) is 0 Å². The summed E-state index contributed by atoms with van der Waals surface area (Å²) in [6.07, 6.45) is -2.87. The summed E-state index contributed by atoms with van der Waals surface area (Å²) in [7, 11) is 0. The molecule has 0 saturated carbocycles. The molecular weight excluding hydrogens is 185 g/mol. The van der Waals surface area contributed by atoms with Crippen LogP contribution in [0.25, 0.3) is 0 Å². The summed E-state index contributed by atoms with van der Waals surface area (Å²) in [6, 6.07) is 0. The molecule has 0 spiro atoms. The Bertz CT molecular complexity index is 308. The van der Waals surface area contributed by atoms with E-state index in [-0.39, 0.29) is 5.56 Å². The molecule has 0 aliphatic carbocycles. The van der Waals surface area contributed by atoms with Gasteiger partial charge in [0.25, 0.3) is 0 Å². The maximum Gasteiger partial charge on any atom is 0.424 e. The molecule has 3 nitrogen and oxygen atoms in total. The zero-order chi connectivity index (χ0) is 9.69. The second-order valence-electron chi connectivity index (χ2n) is 2.98. The van der Waals surface area contributed by atoms with Gasteiger partial charge in [0.2, 0.25) is 5.60 Å². The van der Waals surface area contributed by atoms with Crippen LogP contribution < -0.4 is 0 Å². The Morgan fingerprint density at radius 3 is 2.54 bits per heavy atom. The molecular formula is C7H7F3N2O. The van der Waals surface area contributed by atoms with Crippen molar-refractivity contribution in [2.24, 2.45) is 0 Å². The van der Waals surface area contributed by atoms with E-state index in [9.17, 15) is 13.2 Å². The Hall–Kier alpha value is -1.04. The van der Waals surface area contributed by atoms with E-state index in [2.05, 4.69) is 14.9 Å². The van der Waals surface area contributed by atoms with Crippen molar-refractivity contribution in [1.82, 2.24) is 10.2 Å². The highest BCUT2D eigenvalue weighted by Gasteiger charge is 2.72. The zero-order valence-electron chi connectivity index (χ0n) is 6.72. The van der Waals surface area contributed by atoms with Crippen LogP contribution in [0.3, 0.4) is 0 Å². The molecule has 1 fully saturated rings. The lowest BCUT2D eigenvalue weighted by Gasteiger charge is -2.14. The summed E-state index contributed by atoms with van der Waals surface area (Å²) in [5.41, 5.74) is -2.09. The highest BCUT2D eigenvalue weighted by atomic mass is 19.4. The lowest BCUT2D eigenvalue weighted by Crippen LogP contribution is -2.31. The van der Waals surface area contributed by atoms with Crippen molar-refractivity contribution < 1.29 is 17.9 Å². The predicted molar refractivity (Wildman–Crippen MR) is 36.9 cm³/mol. The molecule has 13 heavy (non-hydrogen) atoms. The number of epoxide rings is 1. The van der Waals surface area contributed by atoms with Crippen LogP contribution in [0, 0.1) is 0 Å². The Kier molecular flexibility index (Phi) is 1.48. The average molecular weight is 192 g/mol. The molecule has 2 rings (SSSR count). The number of ether oxygens (including phenoxy) is 1. The SMILES string of the molecule is CC1OC1(c1cn[nH]c1)C(F)(F)F. The van der Waals surface area contributed by atoms with Gasteiger partial charge in [-0.2, -0.15) is 18.3 Å². The van der Waals surface area contributed by atoms with E-state index in [0.717, 1.165) is 6.20 Å². The Morgan fingerprint density at radius 2 is 2.23 bits per heavy atom. The molecule has 0 amide bonds. The first kappa shape index (κ1) is 8.55. The molecule has 1 aliphatic heterocycles. The second kappa shape index (κ2) is 2.25. The van der Waals surface area contributed by atoms with Crippen molar-refractivity contribution in [1.29, 1.82) is 0 Å². The highest BCUT2D eigenvalue weighted by molar-refractivity contribution is 5.26. The first-order valence-electron chi connectivity index (χ1n) is 3.72. The number of hydrogen-bond acceptors (Lipinski definition) is 2. The maximum atomic E-state index is 12.5. The number of rotatable bonds is 1. The fourth-order valence-electron chi connectivity index (χ4n) is 1.46. The van der Waals surface area contributed by atoms with Crippen LogP contribution in [0.2, 0.25) is 0 Å². The van der Waals surface area contributed by atoms with Crippen LogP contribution in [-0.4, -0.2) is 22.5 Å². The van der Waals surface area contributed by atoms with Crippen LogP contribution in [0.5, 0.6) is 0 Å². The molecule has 1 aromatic rings. The quantitative estimate of drug-likeness (QED) is 0.686. The lowest BCUT2D eigenvalue weighted by molar-refractivity contribution is -0.187. The molecule has 1 aliphatic rings. The van der Waals surface area contributed by atoms with Gasteiger partial charge in [-0.05, 0) is 6.92 Å². The number of H-pyrrole nitrogens is 1. The van der Waals surface area contributed by atoms with Crippen molar-refractivity contribution in [2.75, 3.05) is 0 Å². The minimum atomic E-state index is -4.38. The van der Waals surface area contributed by atoms with Gasteiger partial charge in [-0.1, -0.05) is 0 Å². The van der Waals surface area contributed by atoms with Gasteiger partial charge in [0.15, 0.2) is 0 Å². The fourth-order valence-corrected chi connectivity index (χ4v) is 1.46. The van der Waals surface area contributed by atoms with Crippen molar-refractivity contribution >= 4 is 0 Å². The lowest BCUT2D eigenvalue weighted by atomic mass is 9.99. The van der Waals surface area contributed by atoms with Gasteiger partial charge < -0.3 is 4.74 Å². The molecule has 72 valence electrons. The summed E-state index contributed by atoms with van der Waals surface area (Å²) in [4.78, 5) is 0. The molecule has 1 saturated heterocycles. The van der Waals surface area contributed by atoms with Gasteiger partial charge in [0, 0.05) is 11.8 Å². The van der Waals surface area contributed by atoms with Gasteiger partial charge in [0.1, 0.15) is 0 Å². The van der Waals surface area contributed by atoms with Crippen LogP contribution >= 0.6 is 0 Å². The molecule has 0 aromatic carbocycles. The smallest absolute Gasteiger partial charge is 0.352 e. The van der Waals surface area contributed by atoms with E-state index < -0.39 is 17.9 Å². The number of nitrogens with zero attached hydrogens (tertiary/aromatic N) is 1. The normalized spacial score (nSPS) is 33.4. The van der Waals surface area contributed by atoms with Gasteiger partial charge >= 0.3 is 6.18 Å². The summed E-state index contributed by atoms with van der Waals surface area (Å²) in [5.74, 6) is 0. The first-order valence-corrected chi connectivity index (χ1v) is 3.72. The third kappa shape index (κ3) is 0.980. The van der Waals surface area contributed by atoms with Gasteiger partial charge in [-0.15, -0.1) is 0 Å². The van der Waals surface area contributed by atoms with Gasteiger partial charge in [-0.3, -0.25) is 5.10 Å². The summed E-state index contributed by atoms with van der Waals surface area (Å²) >= 11 is 0. The van der Waals surface area contributed by atoms with Crippen LogP contribution in [0.1, 0.15) is 12.5 Å². The molecule has 2 heterocycles. The zero-order valence-corrected chi connectivity index (χ0v) is 6.72. The molecule has 0 radical (unpaired) electrons.